The number of unbranched alkanes of at least 4 members (excludes halogenated alkanes) is 3. The topological polar surface area (TPSA) is 0 Å². The van der Waals surface area contributed by atoms with Crippen molar-refractivity contribution in [2.75, 3.05) is 0 Å². The lowest BCUT2D eigenvalue weighted by atomic mass is 10.1. The van der Waals surface area contributed by atoms with Crippen LogP contribution in [-0.4, -0.2) is 8.07 Å². The van der Waals surface area contributed by atoms with Crippen molar-refractivity contribution in [3.8, 4) is 0 Å². The van der Waals surface area contributed by atoms with Gasteiger partial charge in [0.15, 0.2) is 0 Å². The minimum Gasteiger partial charge on any atom is -0.0624 e. The van der Waals surface area contributed by atoms with Gasteiger partial charge >= 0.3 is 0 Å². The van der Waals surface area contributed by atoms with E-state index in [0.29, 0.717) is 0 Å². The summed E-state index contributed by atoms with van der Waals surface area (Å²) >= 11 is 0. The molecule has 0 atom stereocenters. The van der Waals surface area contributed by atoms with E-state index in [4.69, 9.17) is 0 Å². The smallest absolute Gasteiger partial charge is 0.0624 e. The van der Waals surface area contributed by atoms with Crippen LogP contribution < -0.4 is 15.6 Å². The van der Waals surface area contributed by atoms with Gasteiger partial charge in [-0.1, -0.05) is 146 Å². The maximum absolute atomic E-state index is 2.46. The molecule has 0 aromatic heterocycles. The third kappa shape index (κ3) is 5.48. The molecular formula is C36H38Si. The molecule has 186 valence electrons. The number of fused-ring (bicyclic) bond motifs is 1. The Balaban J connectivity index is 1.48. The number of hydrogen-bond donors (Lipinski definition) is 0. The van der Waals surface area contributed by atoms with Crippen molar-refractivity contribution in [3.05, 3.63) is 138 Å². The number of hydrogen-bond acceptors (Lipinski definition) is 0. The molecule has 5 aromatic carbocycles. The summed E-state index contributed by atoms with van der Waals surface area (Å²) in [7, 11) is -2.24. The van der Waals surface area contributed by atoms with Gasteiger partial charge in [0, 0.05) is 0 Å². The Kier molecular flexibility index (Phi) is 8.01. The molecule has 0 N–H and O–H groups in total. The molecule has 0 saturated carbocycles. The molecular weight excluding hydrogens is 460 g/mol. The van der Waals surface area contributed by atoms with Gasteiger partial charge < -0.3 is 0 Å². The highest BCUT2D eigenvalue weighted by molar-refractivity contribution is 7.12. The highest BCUT2D eigenvalue weighted by Crippen LogP contribution is 2.24. The number of aryl methyl sites for hydroxylation is 3. The van der Waals surface area contributed by atoms with Crippen LogP contribution in [0.2, 0.25) is 6.04 Å². The Morgan fingerprint density at radius 2 is 1.05 bits per heavy atom. The molecule has 0 amide bonds. The van der Waals surface area contributed by atoms with Gasteiger partial charge in [0.05, 0.1) is 0 Å². The zero-order valence-corrected chi connectivity index (χ0v) is 23.3. The molecule has 0 unspecified atom stereocenters. The number of benzene rings is 5. The molecule has 0 heterocycles. The van der Waals surface area contributed by atoms with Crippen LogP contribution in [0.15, 0.2) is 121 Å². The third-order valence-electron chi connectivity index (χ3n) is 8.02. The van der Waals surface area contributed by atoms with E-state index in [1.54, 1.807) is 5.19 Å². The summed E-state index contributed by atoms with van der Waals surface area (Å²) in [6.07, 6.45) is 6.28. The fourth-order valence-corrected chi connectivity index (χ4v) is 11.1. The third-order valence-corrected chi connectivity index (χ3v) is 13.1. The highest BCUT2D eigenvalue weighted by Gasteiger charge is 2.39. The second kappa shape index (κ2) is 11.8. The van der Waals surface area contributed by atoms with Gasteiger partial charge in [-0.05, 0) is 70.2 Å². The summed E-state index contributed by atoms with van der Waals surface area (Å²) in [5, 5.41) is 7.43. The highest BCUT2D eigenvalue weighted by atomic mass is 28.3. The van der Waals surface area contributed by atoms with Gasteiger partial charge in [-0.25, -0.2) is 0 Å². The summed E-state index contributed by atoms with van der Waals surface area (Å²) in [6.45, 7) is 4.41. The minimum atomic E-state index is -2.24. The van der Waals surface area contributed by atoms with Gasteiger partial charge in [-0.2, -0.15) is 0 Å². The van der Waals surface area contributed by atoms with E-state index >= 15 is 0 Å². The summed E-state index contributed by atoms with van der Waals surface area (Å²) < 4.78 is 0. The van der Waals surface area contributed by atoms with Crippen LogP contribution in [0, 0.1) is 13.8 Å². The molecule has 0 bridgehead atoms. The normalized spacial score (nSPS) is 11.6. The van der Waals surface area contributed by atoms with E-state index in [0.717, 1.165) is 0 Å². The maximum atomic E-state index is 2.46. The van der Waals surface area contributed by atoms with E-state index < -0.39 is 8.07 Å². The summed E-state index contributed by atoms with van der Waals surface area (Å²) in [4.78, 5) is 0. The summed E-state index contributed by atoms with van der Waals surface area (Å²) in [6, 6.07) is 47.0. The predicted octanol–water partition coefficient (Wildman–Crippen LogP) is 7.73. The zero-order valence-electron chi connectivity index (χ0n) is 22.3. The molecule has 5 rings (SSSR count). The van der Waals surface area contributed by atoms with Gasteiger partial charge in [0.2, 0.25) is 0 Å². The van der Waals surface area contributed by atoms with Crippen molar-refractivity contribution in [2.45, 2.75) is 52.0 Å². The van der Waals surface area contributed by atoms with Crippen molar-refractivity contribution in [1.29, 1.82) is 0 Å². The Hall–Kier alpha value is -3.42. The quantitative estimate of drug-likeness (QED) is 0.105. The maximum Gasteiger partial charge on any atom is 0.149 e. The lowest BCUT2D eigenvalue weighted by Gasteiger charge is -2.35. The lowest BCUT2D eigenvalue weighted by Crippen LogP contribution is -2.67. The molecule has 0 aliphatic heterocycles. The monoisotopic (exact) mass is 498 g/mol. The van der Waals surface area contributed by atoms with Crippen molar-refractivity contribution < 1.29 is 0 Å². The average molecular weight is 499 g/mol. The first-order chi connectivity index (χ1) is 18.2. The molecule has 0 aliphatic carbocycles. The van der Waals surface area contributed by atoms with E-state index in [-0.39, 0.29) is 0 Å². The molecule has 37 heavy (non-hydrogen) atoms. The average Bonchev–Trinajstić information content (AvgIpc) is 2.95. The number of rotatable bonds is 10. The van der Waals surface area contributed by atoms with Crippen LogP contribution >= 0.6 is 0 Å². The molecule has 0 spiro atoms. The van der Waals surface area contributed by atoms with Gasteiger partial charge in [0.25, 0.3) is 0 Å². The SMILES string of the molecule is Cc1ccc(CCCCCC[Si](c2ccccc2)(c2ccccc2)c2ccc(C)c3ccccc23)cc1. The van der Waals surface area contributed by atoms with Crippen molar-refractivity contribution >= 4 is 34.4 Å². The molecule has 0 nitrogen and oxygen atoms in total. The van der Waals surface area contributed by atoms with Crippen LogP contribution in [0.5, 0.6) is 0 Å². The second-order valence-electron chi connectivity index (χ2n) is 10.5. The van der Waals surface area contributed by atoms with Gasteiger partial charge in [-0.15, -0.1) is 0 Å². The summed E-state index contributed by atoms with van der Waals surface area (Å²) in [5.74, 6) is 0. The Morgan fingerprint density at radius 3 is 1.70 bits per heavy atom. The standard InChI is InChI=1S/C36H38Si/c1-29-22-25-31(26-23-29)15-7-3-4-14-28-37(32-16-8-5-9-17-32,33-18-10-6-11-19-33)36-27-24-30(2)34-20-12-13-21-35(34)36/h5-6,8-13,16-27H,3-4,7,14-15,28H2,1-2H3. The first kappa shape index (κ1) is 25.2. The Morgan fingerprint density at radius 1 is 0.486 bits per heavy atom. The molecule has 0 saturated heterocycles. The van der Waals surface area contributed by atoms with E-state index in [1.165, 1.54) is 76.0 Å². The van der Waals surface area contributed by atoms with Crippen LogP contribution in [0.25, 0.3) is 10.8 Å². The zero-order chi connectivity index (χ0) is 25.5. The fraction of sp³-hybridized carbons (Fsp3) is 0.222. The first-order valence-corrected chi connectivity index (χ1v) is 16.0. The van der Waals surface area contributed by atoms with Crippen molar-refractivity contribution in [1.82, 2.24) is 0 Å². The predicted molar refractivity (Wildman–Crippen MR) is 164 cm³/mol. The Labute approximate surface area is 224 Å². The van der Waals surface area contributed by atoms with E-state index in [1.807, 2.05) is 0 Å². The Bertz CT molecular complexity index is 1380. The minimum absolute atomic E-state index is 1.18. The first-order valence-electron chi connectivity index (χ1n) is 13.8. The molecule has 0 fully saturated rings. The van der Waals surface area contributed by atoms with Crippen LogP contribution in [0.4, 0.5) is 0 Å². The molecule has 1 heteroatoms. The van der Waals surface area contributed by atoms with Gasteiger partial charge in [-0.3, -0.25) is 0 Å². The van der Waals surface area contributed by atoms with Gasteiger partial charge in [0.1, 0.15) is 8.07 Å². The molecule has 0 aliphatic rings. The van der Waals surface area contributed by atoms with E-state index in [9.17, 15) is 0 Å². The van der Waals surface area contributed by atoms with Crippen molar-refractivity contribution in [3.63, 3.8) is 0 Å². The van der Waals surface area contributed by atoms with Crippen LogP contribution in [-0.2, 0) is 6.42 Å². The van der Waals surface area contributed by atoms with Crippen LogP contribution in [0.3, 0.4) is 0 Å². The molecule has 5 aromatic rings. The molecule has 0 radical (unpaired) electrons. The van der Waals surface area contributed by atoms with Crippen molar-refractivity contribution in [2.24, 2.45) is 0 Å². The summed E-state index contributed by atoms with van der Waals surface area (Å²) in [5.41, 5.74) is 4.17. The largest absolute Gasteiger partial charge is 0.149 e. The van der Waals surface area contributed by atoms with E-state index in [2.05, 4.69) is 135 Å². The van der Waals surface area contributed by atoms with Crippen LogP contribution in [0.1, 0.15) is 42.4 Å². The lowest BCUT2D eigenvalue weighted by molar-refractivity contribution is 0.664. The second-order valence-corrected chi connectivity index (χ2v) is 14.5. The fourth-order valence-electron chi connectivity index (χ4n) is 6.00.